The number of nitrogens with zero attached hydrogens (tertiary/aromatic N) is 1. The van der Waals surface area contributed by atoms with Crippen molar-refractivity contribution in [1.29, 1.82) is 0 Å². The molecular weight excluding hydrogens is 382 g/mol. The highest BCUT2D eigenvalue weighted by Crippen LogP contribution is 2.39. The molecule has 2 aromatic carbocycles. The van der Waals surface area contributed by atoms with Crippen LogP contribution in [0, 0.1) is 0 Å². The van der Waals surface area contributed by atoms with E-state index in [4.69, 9.17) is 14.2 Å². The van der Waals surface area contributed by atoms with Crippen LogP contribution in [-0.4, -0.2) is 37.1 Å². The van der Waals surface area contributed by atoms with Crippen LogP contribution in [0.2, 0.25) is 0 Å². The van der Waals surface area contributed by atoms with E-state index in [-0.39, 0.29) is 6.04 Å². The molecule has 0 aliphatic carbocycles. The Labute approximate surface area is 176 Å². The van der Waals surface area contributed by atoms with E-state index in [1.54, 1.807) is 17.3 Å². The molecule has 1 aliphatic heterocycles. The molecule has 0 atom stereocenters. The van der Waals surface area contributed by atoms with Crippen molar-refractivity contribution < 1.29 is 23.8 Å². The van der Waals surface area contributed by atoms with Crippen LogP contribution in [0.25, 0.3) is 0 Å². The van der Waals surface area contributed by atoms with E-state index in [2.05, 4.69) is 0 Å². The van der Waals surface area contributed by atoms with Gasteiger partial charge in [0.15, 0.2) is 0 Å². The van der Waals surface area contributed by atoms with E-state index < -0.39 is 17.9 Å². The maximum atomic E-state index is 12.6. The topological polar surface area (TPSA) is 65.1 Å². The molecule has 0 fully saturated rings. The molecule has 0 aromatic heterocycles. The maximum Gasteiger partial charge on any atom is 0.336 e. The number of para-hydroxylation sites is 1. The smallest absolute Gasteiger partial charge is 0.336 e. The number of methoxy groups -OCH3 is 2. The molecule has 0 saturated heterocycles. The van der Waals surface area contributed by atoms with Crippen LogP contribution >= 0.6 is 0 Å². The number of hydrogen-bond donors (Lipinski definition) is 0. The number of benzene rings is 2. The van der Waals surface area contributed by atoms with Crippen molar-refractivity contribution in [3.8, 4) is 11.5 Å². The van der Waals surface area contributed by atoms with E-state index in [0.29, 0.717) is 22.6 Å². The van der Waals surface area contributed by atoms with Gasteiger partial charge in [-0.1, -0.05) is 30.3 Å². The molecule has 156 valence electrons. The molecule has 6 heteroatoms. The van der Waals surface area contributed by atoms with Gasteiger partial charge in [-0.2, -0.15) is 0 Å². The second-order valence-electron chi connectivity index (χ2n) is 7.11. The molecule has 3 rings (SSSR count). The van der Waals surface area contributed by atoms with Crippen LogP contribution in [0.15, 0.2) is 78.1 Å². The van der Waals surface area contributed by atoms with E-state index >= 15 is 0 Å². The van der Waals surface area contributed by atoms with Gasteiger partial charge in [-0.05, 0) is 43.7 Å². The minimum Gasteiger partial charge on any atom is -0.466 e. The van der Waals surface area contributed by atoms with Crippen LogP contribution in [0.4, 0.5) is 0 Å². The molecule has 0 unspecified atom stereocenters. The molecule has 1 heterocycles. The zero-order valence-electron chi connectivity index (χ0n) is 17.5. The van der Waals surface area contributed by atoms with Crippen LogP contribution in [0.3, 0.4) is 0 Å². The minimum atomic E-state index is -0.640. The van der Waals surface area contributed by atoms with Gasteiger partial charge in [-0.3, -0.25) is 0 Å². The third-order valence-electron chi connectivity index (χ3n) is 4.81. The van der Waals surface area contributed by atoms with Gasteiger partial charge in [0.05, 0.1) is 31.3 Å². The average Bonchev–Trinajstić information content (AvgIpc) is 2.77. The van der Waals surface area contributed by atoms with Crippen molar-refractivity contribution in [3.63, 3.8) is 0 Å². The van der Waals surface area contributed by atoms with Crippen molar-refractivity contribution in [3.05, 3.63) is 83.7 Å². The summed E-state index contributed by atoms with van der Waals surface area (Å²) in [7, 11) is 2.65. The predicted octanol–water partition coefficient (Wildman–Crippen LogP) is 4.40. The Bertz CT molecular complexity index is 944. The highest BCUT2D eigenvalue weighted by Gasteiger charge is 2.35. The van der Waals surface area contributed by atoms with Crippen LogP contribution in [-0.2, 0) is 19.1 Å². The third-order valence-corrected chi connectivity index (χ3v) is 4.81. The van der Waals surface area contributed by atoms with Crippen molar-refractivity contribution >= 4 is 11.9 Å². The molecule has 0 bridgehead atoms. The monoisotopic (exact) mass is 407 g/mol. The fourth-order valence-electron chi connectivity index (χ4n) is 3.29. The fraction of sp³-hybridized carbons (Fsp3) is 0.250. The first-order valence-corrected chi connectivity index (χ1v) is 9.65. The van der Waals surface area contributed by atoms with Crippen LogP contribution in [0.1, 0.15) is 25.3 Å². The molecule has 0 saturated carbocycles. The Morgan fingerprint density at radius 2 is 1.40 bits per heavy atom. The number of carbonyl (C=O) groups excluding carboxylic acids is 2. The Morgan fingerprint density at radius 3 is 1.93 bits per heavy atom. The lowest BCUT2D eigenvalue weighted by Gasteiger charge is -2.32. The number of hydrogen-bond acceptors (Lipinski definition) is 6. The zero-order chi connectivity index (χ0) is 21.7. The lowest BCUT2D eigenvalue weighted by Crippen LogP contribution is -2.31. The summed E-state index contributed by atoms with van der Waals surface area (Å²) in [5, 5.41) is 0. The Balaban J connectivity index is 2.06. The summed E-state index contributed by atoms with van der Waals surface area (Å²) in [4.78, 5) is 27.1. The van der Waals surface area contributed by atoms with Crippen molar-refractivity contribution in [2.75, 3.05) is 14.2 Å². The quantitative estimate of drug-likeness (QED) is 0.662. The lowest BCUT2D eigenvalue weighted by atomic mass is 9.83. The first-order valence-electron chi connectivity index (χ1n) is 9.65. The number of carbonyl (C=O) groups is 2. The lowest BCUT2D eigenvalue weighted by molar-refractivity contribution is -0.137. The maximum absolute atomic E-state index is 12.6. The summed E-state index contributed by atoms with van der Waals surface area (Å²) in [6.07, 6.45) is 3.44. The van der Waals surface area contributed by atoms with Crippen LogP contribution < -0.4 is 4.74 Å². The van der Waals surface area contributed by atoms with Crippen molar-refractivity contribution in [2.24, 2.45) is 0 Å². The van der Waals surface area contributed by atoms with E-state index in [1.807, 2.05) is 68.4 Å². The van der Waals surface area contributed by atoms with E-state index in [1.165, 1.54) is 14.2 Å². The first kappa shape index (κ1) is 21.2. The second kappa shape index (κ2) is 9.31. The molecule has 1 aliphatic rings. The number of rotatable bonds is 6. The van der Waals surface area contributed by atoms with Gasteiger partial charge in [-0.15, -0.1) is 0 Å². The molecule has 2 aromatic rings. The summed E-state index contributed by atoms with van der Waals surface area (Å²) < 4.78 is 16.0. The van der Waals surface area contributed by atoms with Gasteiger partial charge < -0.3 is 19.1 Å². The molecule has 30 heavy (non-hydrogen) atoms. The summed E-state index contributed by atoms with van der Waals surface area (Å²) in [6, 6.07) is 16.7. The zero-order valence-corrected chi connectivity index (χ0v) is 17.5. The highest BCUT2D eigenvalue weighted by molar-refractivity contribution is 5.98. The van der Waals surface area contributed by atoms with E-state index in [0.717, 1.165) is 5.56 Å². The third kappa shape index (κ3) is 4.54. The van der Waals surface area contributed by atoms with Gasteiger partial charge >= 0.3 is 11.9 Å². The van der Waals surface area contributed by atoms with Gasteiger partial charge in [0.2, 0.25) is 0 Å². The van der Waals surface area contributed by atoms with Gasteiger partial charge in [0.1, 0.15) is 11.5 Å². The molecule has 0 amide bonds. The van der Waals surface area contributed by atoms with Crippen molar-refractivity contribution in [1.82, 2.24) is 4.90 Å². The summed E-state index contributed by atoms with van der Waals surface area (Å²) in [5.41, 5.74) is 1.43. The average molecular weight is 407 g/mol. The summed E-state index contributed by atoms with van der Waals surface area (Å²) in [6.45, 7) is 3.93. The summed E-state index contributed by atoms with van der Waals surface area (Å²) in [5.74, 6) is -0.363. The Hall–Kier alpha value is -3.54. The van der Waals surface area contributed by atoms with Gasteiger partial charge in [0.25, 0.3) is 0 Å². The minimum absolute atomic E-state index is 0.0398. The van der Waals surface area contributed by atoms with Crippen LogP contribution in [0.5, 0.6) is 11.5 Å². The fourth-order valence-corrected chi connectivity index (χ4v) is 3.29. The first-order chi connectivity index (χ1) is 14.4. The summed E-state index contributed by atoms with van der Waals surface area (Å²) >= 11 is 0. The van der Waals surface area contributed by atoms with E-state index in [9.17, 15) is 9.59 Å². The normalized spacial score (nSPS) is 14.1. The molecular formula is C24H25NO5. The molecule has 0 N–H and O–H groups in total. The molecule has 0 radical (unpaired) electrons. The number of esters is 2. The molecule has 0 spiro atoms. The number of ether oxygens (including phenoxy) is 3. The van der Waals surface area contributed by atoms with Crippen molar-refractivity contribution in [2.45, 2.75) is 25.8 Å². The van der Waals surface area contributed by atoms with Gasteiger partial charge in [-0.25, -0.2) is 9.59 Å². The Kier molecular flexibility index (Phi) is 6.57. The van der Waals surface area contributed by atoms with Gasteiger partial charge in [0, 0.05) is 18.4 Å². The molecule has 6 nitrogen and oxygen atoms in total. The standard InChI is InChI=1S/C24H25NO5/c1-16(2)25-14-20(23(26)28-3)22(21(15-25)24(27)29-4)17-9-8-12-19(13-17)30-18-10-6-5-7-11-18/h5-16,22H,1-4H3. The second-order valence-corrected chi connectivity index (χ2v) is 7.11. The largest absolute Gasteiger partial charge is 0.466 e. The predicted molar refractivity (Wildman–Crippen MR) is 113 cm³/mol. The SMILES string of the molecule is COC(=O)C1=CN(C(C)C)C=C(C(=O)OC)C1c1cccc(Oc2ccccc2)c1. The highest BCUT2D eigenvalue weighted by atomic mass is 16.5. The Morgan fingerprint density at radius 1 is 0.833 bits per heavy atom.